The Kier molecular flexibility index (Phi) is 4.28. The van der Waals surface area contributed by atoms with Crippen LogP contribution in [0.2, 0.25) is 0 Å². The molecule has 5 aliphatic carbocycles. The summed E-state index contributed by atoms with van der Waals surface area (Å²) >= 11 is 0. The fourth-order valence-electron chi connectivity index (χ4n) is 8.16. The van der Waals surface area contributed by atoms with E-state index in [9.17, 15) is 14.1 Å². The van der Waals surface area contributed by atoms with Gasteiger partial charge in [-0.15, -0.1) is 0 Å². The maximum Gasteiger partial charge on any atom is 0.126 e. The van der Waals surface area contributed by atoms with Gasteiger partial charge in [-0.1, -0.05) is 20.3 Å². The Balaban J connectivity index is 1.71. The minimum absolute atomic E-state index is 0.0190. The summed E-state index contributed by atoms with van der Waals surface area (Å²) in [6.07, 6.45) is 11.7. The zero-order valence-corrected chi connectivity index (χ0v) is 16.8. The number of aldehydes is 1. The Morgan fingerprint density at radius 1 is 1.12 bits per heavy atom. The molecule has 0 saturated heterocycles. The minimum Gasteiger partial charge on any atom is -0.392 e. The monoisotopic (exact) mass is 366 g/mol. The Hall–Kier alpha value is -0.220. The molecule has 0 aromatic rings. The highest BCUT2D eigenvalue weighted by Gasteiger charge is 2.67. The molecule has 1 N–H and O–H groups in total. The van der Waals surface area contributed by atoms with Gasteiger partial charge in [0.1, 0.15) is 6.29 Å². The van der Waals surface area contributed by atoms with Gasteiger partial charge in [0, 0.05) is 28.2 Å². The van der Waals surface area contributed by atoms with Gasteiger partial charge in [-0.2, -0.15) is 0 Å². The van der Waals surface area contributed by atoms with Crippen molar-refractivity contribution in [2.75, 3.05) is 12.0 Å². The number of aliphatic hydroxyl groups excluding tert-OH is 1. The van der Waals surface area contributed by atoms with E-state index < -0.39 is 10.8 Å². The second-order valence-electron chi connectivity index (χ2n) is 10.2. The first-order valence-corrected chi connectivity index (χ1v) is 11.9. The first-order valence-electron chi connectivity index (χ1n) is 10.2. The van der Waals surface area contributed by atoms with E-state index in [1.807, 2.05) is 0 Å². The highest BCUT2D eigenvalue weighted by atomic mass is 32.2. The molecule has 4 heteroatoms. The summed E-state index contributed by atoms with van der Waals surface area (Å²) in [5, 5.41) is 11.4. The summed E-state index contributed by atoms with van der Waals surface area (Å²) in [6, 6.07) is 0. The third-order valence-electron chi connectivity index (χ3n) is 9.23. The van der Waals surface area contributed by atoms with E-state index in [4.69, 9.17) is 0 Å². The molecular weight excluding hydrogens is 332 g/mol. The van der Waals surface area contributed by atoms with Crippen molar-refractivity contribution in [1.82, 2.24) is 0 Å². The van der Waals surface area contributed by atoms with Crippen LogP contribution in [0.1, 0.15) is 65.2 Å². The normalized spacial score (nSPS) is 55.9. The van der Waals surface area contributed by atoms with Crippen molar-refractivity contribution in [3.8, 4) is 0 Å². The molecule has 0 aromatic heterocycles. The largest absolute Gasteiger partial charge is 0.392 e. The zero-order valence-electron chi connectivity index (χ0n) is 16.0. The molecule has 2 bridgehead atoms. The molecule has 0 heterocycles. The van der Waals surface area contributed by atoms with Gasteiger partial charge in [-0.25, -0.2) is 0 Å². The van der Waals surface area contributed by atoms with Crippen LogP contribution in [-0.4, -0.2) is 33.7 Å². The van der Waals surface area contributed by atoms with Crippen LogP contribution in [0.4, 0.5) is 0 Å². The summed E-state index contributed by atoms with van der Waals surface area (Å²) in [5.74, 6) is 2.40. The Labute approximate surface area is 154 Å². The van der Waals surface area contributed by atoms with Gasteiger partial charge >= 0.3 is 0 Å². The minimum atomic E-state index is -0.840. The predicted molar refractivity (Wildman–Crippen MR) is 101 cm³/mol. The van der Waals surface area contributed by atoms with E-state index in [2.05, 4.69) is 13.8 Å². The summed E-state index contributed by atoms with van der Waals surface area (Å²) in [4.78, 5) is 12.0. The van der Waals surface area contributed by atoms with Crippen LogP contribution in [0.3, 0.4) is 0 Å². The van der Waals surface area contributed by atoms with Crippen molar-refractivity contribution in [3.05, 3.63) is 0 Å². The molecule has 142 valence electrons. The maximum absolute atomic E-state index is 12.0. The number of fused-ring (bicyclic) bond motifs is 3. The fraction of sp³-hybridized carbons (Fsp3) is 0.952. The van der Waals surface area contributed by atoms with Crippen molar-refractivity contribution in [2.24, 2.45) is 39.9 Å². The van der Waals surface area contributed by atoms with Crippen LogP contribution < -0.4 is 0 Å². The second-order valence-corrected chi connectivity index (χ2v) is 11.7. The van der Waals surface area contributed by atoms with Gasteiger partial charge in [-0.05, 0) is 79.4 Å². The van der Waals surface area contributed by atoms with Crippen molar-refractivity contribution < 1.29 is 14.1 Å². The number of rotatable bonds is 3. The lowest BCUT2D eigenvalue weighted by Crippen LogP contribution is -2.66. The van der Waals surface area contributed by atoms with E-state index in [1.165, 1.54) is 25.5 Å². The molecule has 9 atom stereocenters. The van der Waals surface area contributed by atoms with Gasteiger partial charge in [0.05, 0.1) is 6.10 Å². The van der Waals surface area contributed by atoms with E-state index in [0.717, 1.165) is 32.1 Å². The maximum atomic E-state index is 12.0. The van der Waals surface area contributed by atoms with Crippen molar-refractivity contribution in [2.45, 2.75) is 71.3 Å². The number of hydrogen-bond acceptors (Lipinski definition) is 3. The molecule has 3 nitrogen and oxygen atoms in total. The van der Waals surface area contributed by atoms with Crippen molar-refractivity contribution in [1.29, 1.82) is 0 Å². The van der Waals surface area contributed by atoms with Crippen molar-refractivity contribution >= 4 is 17.1 Å². The Morgan fingerprint density at radius 3 is 2.52 bits per heavy atom. The summed E-state index contributed by atoms with van der Waals surface area (Å²) < 4.78 is 11.9. The van der Waals surface area contributed by atoms with Crippen LogP contribution in [0, 0.1) is 39.9 Å². The van der Waals surface area contributed by atoms with Crippen LogP contribution in [0.5, 0.6) is 0 Å². The number of aliphatic hydroxyl groups is 1. The molecule has 1 unspecified atom stereocenters. The SMILES string of the molecule is CS(=O)C[C@H]1[C@@H]2CC[C@@]3(CC[C@H]4[C@@](C)(CCC[C@@]4(C)C=O)[C@@H]3C2)[C@@H]1O. The van der Waals surface area contributed by atoms with Crippen LogP contribution in [-0.2, 0) is 15.6 Å². The van der Waals surface area contributed by atoms with Gasteiger partial charge in [0.25, 0.3) is 0 Å². The third-order valence-corrected chi connectivity index (χ3v) is 10.1. The molecule has 5 fully saturated rings. The molecule has 0 radical (unpaired) electrons. The first kappa shape index (κ1) is 18.2. The predicted octanol–water partition coefficient (Wildman–Crippen LogP) is 3.56. The lowest BCUT2D eigenvalue weighted by Gasteiger charge is -2.70. The molecule has 0 amide bonds. The quantitative estimate of drug-likeness (QED) is 0.777. The second kappa shape index (κ2) is 5.89. The third kappa shape index (κ3) is 2.38. The Morgan fingerprint density at radius 2 is 1.84 bits per heavy atom. The van der Waals surface area contributed by atoms with Crippen LogP contribution in [0.25, 0.3) is 0 Å². The lowest BCUT2D eigenvalue weighted by atomic mass is 9.36. The van der Waals surface area contributed by atoms with Gasteiger partial charge in [-0.3, -0.25) is 4.21 Å². The topological polar surface area (TPSA) is 54.4 Å². The van der Waals surface area contributed by atoms with E-state index in [0.29, 0.717) is 23.5 Å². The average Bonchev–Trinajstić information content (AvgIpc) is 2.57. The zero-order chi connectivity index (χ0) is 18.0. The average molecular weight is 367 g/mol. The van der Waals surface area contributed by atoms with Gasteiger partial charge in [0.15, 0.2) is 0 Å². The molecule has 0 aliphatic heterocycles. The standard InChI is InChI=1S/C21H34O3S/c1-19(13-22)7-4-8-20(2)16(19)6-10-21-9-5-14(11-17(20)21)15(18(21)23)12-25(3)24/h13-18,23H,4-12H2,1-3H3/t14-,15+,16-,17+,18-,19+,20-,21+,25?/m1/s1. The molecule has 0 aromatic carbocycles. The summed E-state index contributed by atoms with van der Waals surface area (Å²) in [5.41, 5.74) is 0.0217. The Bertz CT molecular complexity index is 592. The summed E-state index contributed by atoms with van der Waals surface area (Å²) in [6.45, 7) is 4.62. The van der Waals surface area contributed by atoms with Gasteiger partial charge < -0.3 is 9.90 Å². The molecule has 25 heavy (non-hydrogen) atoms. The highest BCUT2D eigenvalue weighted by Crippen LogP contribution is 2.71. The number of hydrogen-bond donors (Lipinski definition) is 1. The molecule has 5 aliphatic rings. The number of carbonyl (C=O) groups excluding carboxylic acids is 1. The first-order chi connectivity index (χ1) is 11.8. The molecule has 5 rings (SSSR count). The van der Waals surface area contributed by atoms with Crippen molar-refractivity contribution in [3.63, 3.8) is 0 Å². The lowest BCUT2D eigenvalue weighted by molar-refractivity contribution is -0.237. The van der Waals surface area contributed by atoms with Crippen LogP contribution in [0.15, 0.2) is 0 Å². The van der Waals surface area contributed by atoms with Gasteiger partial charge in [0.2, 0.25) is 0 Å². The summed E-state index contributed by atoms with van der Waals surface area (Å²) in [7, 11) is -0.840. The van der Waals surface area contributed by atoms with E-state index in [1.54, 1.807) is 6.26 Å². The molecule has 5 saturated carbocycles. The molecule has 1 spiro atoms. The number of carbonyl (C=O) groups is 1. The van der Waals surface area contributed by atoms with E-state index >= 15 is 0 Å². The van der Waals surface area contributed by atoms with Crippen LogP contribution >= 0.6 is 0 Å². The smallest absolute Gasteiger partial charge is 0.126 e. The highest BCUT2D eigenvalue weighted by molar-refractivity contribution is 7.84. The van der Waals surface area contributed by atoms with E-state index in [-0.39, 0.29) is 28.3 Å². The fourth-order valence-corrected chi connectivity index (χ4v) is 9.16. The molecular formula is C21H34O3S.